The van der Waals surface area contributed by atoms with Gasteiger partial charge in [-0.05, 0) is 17.7 Å². The summed E-state index contributed by atoms with van der Waals surface area (Å²) in [6.45, 7) is 0.184. The highest BCUT2D eigenvalue weighted by atomic mass is 16.7. The van der Waals surface area contributed by atoms with Gasteiger partial charge in [-0.2, -0.15) is 5.06 Å². The number of hydrogen-bond acceptors (Lipinski definition) is 4. The third-order valence-corrected chi connectivity index (χ3v) is 2.73. The van der Waals surface area contributed by atoms with Gasteiger partial charge in [-0.25, -0.2) is 0 Å². The summed E-state index contributed by atoms with van der Waals surface area (Å²) >= 11 is 0. The van der Waals surface area contributed by atoms with Crippen LogP contribution in [0, 0.1) is 0 Å². The second-order valence-electron chi connectivity index (χ2n) is 4.05. The van der Waals surface area contributed by atoms with Gasteiger partial charge in [0.1, 0.15) is 5.75 Å². The van der Waals surface area contributed by atoms with E-state index in [9.17, 15) is 9.59 Å². The minimum absolute atomic E-state index is 0.184. The summed E-state index contributed by atoms with van der Waals surface area (Å²) in [5.74, 6) is 0.243. The van der Waals surface area contributed by atoms with Crippen molar-refractivity contribution in [3.63, 3.8) is 0 Å². The number of nitrogens with zero attached hydrogens (tertiary/aromatic N) is 1. The number of benzene rings is 1. The van der Waals surface area contributed by atoms with Gasteiger partial charge in [-0.15, -0.1) is 0 Å². The zero-order valence-corrected chi connectivity index (χ0v) is 10.7. The van der Waals surface area contributed by atoms with Crippen LogP contribution in [0.15, 0.2) is 30.3 Å². The van der Waals surface area contributed by atoms with Crippen LogP contribution in [0.2, 0.25) is 0 Å². The van der Waals surface area contributed by atoms with E-state index in [0.29, 0.717) is 0 Å². The standard InChI is InChI=1S/C14H15NO4/c1-18-12-6-4-11(5-7-12)3-2-10-19-15-13(16)8-9-14(15)17/h2-7H,8-10H2,1H3/b3-2+. The van der Waals surface area contributed by atoms with Crippen molar-refractivity contribution in [1.82, 2.24) is 5.06 Å². The Bertz CT molecular complexity index is 477. The summed E-state index contributed by atoms with van der Waals surface area (Å²) in [6.07, 6.45) is 4.08. The van der Waals surface area contributed by atoms with Crippen LogP contribution in [0.25, 0.3) is 6.08 Å². The van der Waals surface area contributed by atoms with Crippen LogP contribution < -0.4 is 4.74 Å². The molecule has 1 aliphatic rings. The highest BCUT2D eigenvalue weighted by Crippen LogP contribution is 2.13. The number of amides is 2. The number of imide groups is 1. The zero-order valence-electron chi connectivity index (χ0n) is 10.7. The molecular formula is C14H15NO4. The van der Waals surface area contributed by atoms with Crippen molar-refractivity contribution in [3.8, 4) is 5.75 Å². The summed E-state index contributed by atoms with van der Waals surface area (Å²) in [7, 11) is 1.61. The smallest absolute Gasteiger partial charge is 0.254 e. The molecule has 1 aliphatic heterocycles. The first-order chi connectivity index (χ1) is 9.20. The van der Waals surface area contributed by atoms with Crippen LogP contribution in [-0.4, -0.2) is 30.6 Å². The predicted molar refractivity (Wildman–Crippen MR) is 69.1 cm³/mol. The molecule has 1 heterocycles. The maximum Gasteiger partial charge on any atom is 0.254 e. The largest absolute Gasteiger partial charge is 0.497 e. The van der Waals surface area contributed by atoms with Gasteiger partial charge < -0.3 is 4.74 Å². The molecule has 2 rings (SSSR count). The average molecular weight is 261 g/mol. The molecule has 0 N–H and O–H groups in total. The SMILES string of the molecule is COc1ccc(/C=C/CON2C(=O)CCC2=O)cc1. The van der Waals surface area contributed by atoms with Crippen molar-refractivity contribution < 1.29 is 19.2 Å². The van der Waals surface area contributed by atoms with E-state index in [1.165, 1.54) is 0 Å². The number of methoxy groups -OCH3 is 1. The molecule has 1 fully saturated rings. The van der Waals surface area contributed by atoms with E-state index in [4.69, 9.17) is 9.57 Å². The highest BCUT2D eigenvalue weighted by molar-refractivity contribution is 6.00. The topological polar surface area (TPSA) is 55.8 Å². The van der Waals surface area contributed by atoms with Gasteiger partial charge in [-0.3, -0.25) is 14.4 Å². The van der Waals surface area contributed by atoms with Crippen LogP contribution in [-0.2, 0) is 14.4 Å². The fraction of sp³-hybridized carbons (Fsp3) is 0.286. The second kappa shape index (κ2) is 6.15. The molecular weight excluding hydrogens is 246 g/mol. The third kappa shape index (κ3) is 3.42. The fourth-order valence-corrected chi connectivity index (χ4v) is 1.72. The van der Waals surface area contributed by atoms with Gasteiger partial charge in [0.25, 0.3) is 11.8 Å². The van der Waals surface area contributed by atoms with Crippen molar-refractivity contribution >= 4 is 17.9 Å². The Morgan fingerprint density at radius 1 is 1.16 bits per heavy atom. The van der Waals surface area contributed by atoms with Crippen LogP contribution in [0.4, 0.5) is 0 Å². The molecule has 0 aromatic heterocycles. The summed E-state index contributed by atoms with van der Waals surface area (Å²) in [5.41, 5.74) is 0.989. The molecule has 0 unspecified atom stereocenters. The number of carbonyl (C=O) groups excluding carboxylic acids is 2. The zero-order chi connectivity index (χ0) is 13.7. The molecule has 0 bridgehead atoms. The third-order valence-electron chi connectivity index (χ3n) is 2.73. The van der Waals surface area contributed by atoms with E-state index in [-0.39, 0.29) is 31.3 Å². The number of ether oxygens (including phenoxy) is 1. The Morgan fingerprint density at radius 3 is 2.37 bits per heavy atom. The van der Waals surface area contributed by atoms with Gasteiger partial charge in [0.2, 0.25) is 0 Å². The Kier molecular flexibility index (Phi) is 4.30. The lowest BCUT2D eigenvalue weighted by atomic mass is 10.2. The van der Waals surface area contributed by atoms with E-state index in [0.717, 1.165) is 16.4 Å². The maximum atomic E-state index is 11.3. The first-order valence-electron chi connectivity index (χ1n) is 6.00. The predicted octanol–water partition coefficient (Wildman–Crippen LogP) is 1.79. The minimum atomic E-state index is -0.275. The Hall–Kier alpha value is -2.14. The summed E-state index contributed by atoms with van der Waals surface area (Å²) < 4.78 is 5.06. The highest BCUT2D eigenvalue weighted by Gasteiger charge is 2.29. The Balaban J connectivity index is 1.83. The van der Waals surface area contributed by atoms with E-state index >= 15 is 0 Å². The summed E-state index contributed by atoms with van der Waals surface area (Å²) in [4.78, 5) is 27.6. The van der Waals surface area contributed by atoms with E-state index in [1.54, 1.807) is 13.2 Å². The maximum absolute atomic E-state index is 11.3. The number of hydrogen-bond donors (Lipinski definition) is 0. The molecule has 19 heavy (non-hydrogen) atoms. The summed E-state index contributed by atoms with van der Waals surface area (Å²) in [6, 6.07) is 7.52. The van der Waals surface area contributed by atoms with Gasteiger partial charge in [-0.1, -0.05) is 24.3 Å². The van der Waals surface area contributed by atoms with Crippen molar-refractivity contribution in [2.75, 3.05) is 13.7 Å². The second-order valence-corrected chi connectivity index (χ2v) is 4.05. The normalized spacial score (nSPS) is 15.5. The van der Waals surface area contributed by atoms with Crippen molar-refractivity contribution in [1.29, 1.82) is 0 Å². The van der Waals surface area contributed by atoms with Gasteiger partial charge in [0, 0.05) is 12.8 Å². The van der Waals surface area contributed by atoms with Gasteiger partial charge >= 0.3 is 0 Å². The van der Waals surface area contributed by atoms with Crippen LogP contribution in [0.3, 0.4) is 0 Å². The van der Waals surface area contributed by atoms with Crippen LogP contribution in [0.1, 0.15) is 18.4 Å². The first kappa shape index (κ1) is 13.3. The van der Waals surface area contributed by atoms with Crippen LogP contribution >= 0.6 is 0 Å². The molecule has 1 saturated heterocycles. The lowest BCUT2D eigenvalue weighted by Crippen LogP contribution is -2.29. The molecule has 5 nitrogen and oxygen atoms in total. The molecule has 0 radical (unpaired) electrons. The molecule has 0 saturated carbocycles. The van der Waals surface area contributed by atoms with Crippen molar-refractivity contribution in [3.05, 3.63) is 35.9 Å². The molecule has 1 aromatic rings. The molecule has 100 valence electrons. The van der Waals surface area contributed by atoms with Gasteiger partial charge in [0.15, 0.2) is 0 Å². The monoisotopic (exact) mass is 261 g/mol. The average Bonchev–Trinajstić information content (AvgIpc) is 2.75. The molecule has 1 aromatic carbocycles. The van der Waals surface area contributed by atoms with E-state index in [1.807, 2.05) is 30.3 Å². The fourth-order valence-electron chi connectivity index (χ4n) is 1.72. The summed E-state index contributed by atoms with van der Waals surface area (Å²) in [5, 5.41) is 0.846. The van der Waals surface area contributed by atoms with Crippen molar-refractivity contribution in [2.45, 2.75) is 12.8 Å². The lowest BCUT2D eigenvalue weighted by Gasteiger charge is -2.10. The Morgan fingerprint density at radius 2 is 1.79 bits per heavy atom. The number of rotatable bonds is 5. The van der Waals surface area contributed by atoms with Gasteiger partial charge in [0.05, 0.1) is 13.7 Å². The molecule has 0 atom stereocenters. The Labute approximate surface area is 111 Å². The lowest BCUT2D eigenvalue weighted by molar-refractivity contribution is -0.184. The van der Waals surface area contributed by atoms with Crippen molar-refractivity contribution in [2.24, 2.45) is 0 Å². The van der Waals surface area contributed by atoms with E-state index in [2.05, 4.69) is 0 Å². The molecule has 0 spiro atoms. The quantitative estimate of drug-likeness (QED) is 0.758. The first-order valence-corrected chi connectivity index (χ1v) is 6.00. The molecule has 5 heteroatoms. The minimum Gasteiger partial charge on any atom is -0.497 e. The number of carbonyl (C=O) groups is 2. The number of hydroxylamine groups is 2. The molecule has 2 amide bonds. The van der Waals surface area contributed by atoms with Crippen LogP contribution in [0.5, 0.6) is 5.75 Å². The molecule has 0 aliphatic carbocycles. The van der Waals surface area contributed by atoms with E-state index < -0.39 is 0 Å².